The third-order valence-electron chi connectivity index (χ3n) is 3.07. The molecule has 0 aromatic carbocycles. The van der Waals surface area contributed by atoms with Crippen LogP contribution in [0.15, 0.2) is 12.1 Å². The minimum absolute atomic E-state index is 0.0241. The van der Waals surface area contributed by atoms with Crippen LogP contribution < -0.4 is 5.32 Å². The van der Waals surface area contributed by atoms with E-state index in [9.17, 15) is 4.79 Å². The molecule has 4 heteroatoms. The Morgan fingerprint density at radius 2 is 2.31 bits per heavy atom. The standard InChI is InChI=1S/C12H16ClNOS/c1-8-3-2-4-9(7-8)14-12(15)10-5-6-11(13)16-10/h5-6,8-9H,2-4,7H2,1H3,(H,14,15). The molecule has 1 fully saturated rings. The molecule has 0 bridgehead atoms. The van der Waals surface area contributed by atoms with Crippen LogP contribution in [0.3, 0.4) is 0 Å². The average Bonchev–Trinajstić information content (AvgIpc) is 2.65. The van der Waals surface area contributed by atoms with Gasteiger partial charge in [0.25, 0.3) is 5.91 Å². The van der Waals surface area contributed by atoms with Gasteiger partial charge in [0.1, 0.15) is 0 Å². The summed E-state index contributed by atoms with van der Waals surface area (Å²) in [5.74, 6) is 0.752. The molecule has 2 unspecified atom stereocenters. The molecule has 0 saturated heterocycles. The van der Waals surface area contributed by atoms with E-state index in [1.807, 2.05) is 0 Å². The quantitative estimate of drug-likeness (QED) is 0.860. The molecule has 1 aliphatic carbocycles. The molecule has 1 aromatic rings. The van der Waals surface area contributed by atoms with Gasteiger partial charge < -0.3 is 5.32 Å². The third kappa shape index (κ3) is 2.98. The van der Waals surface area contributed by atoms with Gasteiger partial charge in [-0.05, 0) is 30.9 Å². The Labute approximate surface area is 105 Å². The lowest BCUT2D eigenvalue weighted by atomic mass is 9.87. The zero-order chi connectivity index (χ0) is 11.5. The molecule has 88 valence electrons. The topological polar surface area (TPSA) is 29.1 Å². The summed E-state index contributed by atoms with van der Waals surface area (Å²) in [7, 11) is 0. The Balaban J connectivity index is 1.92. The molecule has 0 aliphatic heterocycles. The summed E-state index contributed by atoms with van der Waals surface area (Å²) in [6.45, 7) is 2.25. The van der Waals surface area contributed by atoms with Gasteiger partial charge in [0.2, 0.25) is 0 Å². The molecule has 1 saturated carbocycles. The summed E-state index contributed by atoms with van der Waals surface area (Å²) in [6, 6.07) is 3.90. The number of hydrogen-bond donors (Lipinski definition) is 1. The van der Waals surface area contributed by atoms with E-state index in [0.717, 1.165) is 18.8 Å². The highest BCUT2D eigenvalue weighted by atomic mass is 35.5. The Bertz CT molecular complexity index is 377. The first kappa shape index (κ1) is 11.9. The summed E-state index contributed by atoms with van der Waals surface area (Å²) >= 11 is 7.15. The van der Waals surface area contributed by atoms with Gasteiger partial charge >= 0.3 is 0 Å². The molecular weight excluding hydrogens is 242 g/mol. The Hall–Kier alpha value is -0.540. The van der Waals surface area contributed by atoms with Crippen LogP contribution in [0.1, 0.15) is 42.3 Å². The first-order valence-corrected chi connectivity index (χ1v) is 6.91. The fourth-order valence-electron chi connectivity index (χ4n) is 2.26. The van der Waals surface area contributed by atoms with E-state index >= 15 is 0 Å². The number of halogens is 1. The number of amides is 1. The number of carbonyl (C=O) groups is 1. The zero-order valence-electron chi connectivity index (χ0n) is 9.33. The summed E-state index contributed by atoms with van der Waals surface area (Å²) in [5, 5.41) is 3.09. The molecule has 1 amide bonds. The van der Waals surface area contributed by atoms with Gasteiger partial charge in [-0.25, -0.2) is 0 Å². The highest BCUT2D eigenvalue weighted by molar-refractivity contribution is 7.17. The van der Waals surface area contributed by atoms with Crippen LogP contribution in [0.5, 0.6) is 0 Å². The summed E-state index contributed by atoms with van der Waals surface area (Å²) in [5.41, 5.74) is 0. The minimum atomic E-state index is 0.0241. The van der Waals surface area contributed by atoms with Gasteiger partial charge in [0, 0.05) is 6.04 Å². The summed E-state index contributed by atoms with van der Waals surface area (Å²) in [4.78, 5) is 12.6. The Morgan fingerprint density at radius 1 is 1.50 bits per heavy atom. The zero-order valence-corrected chi connectivity index (χ0v) is 10.9. The molecule has 0 radical (unpaired) electrons. The molecule has 2 rings (SSSR count). The first-order valence-electron chi connectivity index (χ1n) is 5.71. The molecule has 0 spiro atoms. The second-order valence-electron chi connectivity index (χ2n) is 4.55. The monoisotopic (exact) mass is 257 g/mol. The predicted octanol–water partition coefficient (Wildman–Crippen LogP) is 3.71. The van der Waals surface area contributed by atoms with Gasteiger partial charge in [-0.2, -0.15) is 0 Å². The summed E-state index contributed by atoms with van der Waals surface area (Å²) in [6.07, 6.45) is 4.72. The van der Waals surface area contributed by atoms with Crippen molar-refractivity contribution >= 4 is 28.8 Å². The van der Waals surface area contributed by atoms with Crippen molar-refractivity contribution in [1.82, 2.24) is 5.32 Å². The van der Waals surface area contributed by atoms with Gasteiger partial charge in [0.05, 0.1) is 9.21 Å². The van der Waals surface area contributed by atoms with Crippen molar-refractivity contribution in [3.8, 4) is 0 Å². The highest BCUT2D eigenvalue weighted by Gasteiger charge is 2.21. The second-order valence-corrected chi connectivity index (χ2v) is 6.26. The smallest absolute Gasteiger partial charge is 0.261 e. The van der Waals surface area contributed by atoms with Gasteiger partial charge in [-0.3, -0.25) is 4.79 Å². The van der Waals surface area contributed by atoms with Crippen LogP contribution in [-0.4, -0.2) is 11.9 Å². The van der Waals surface area contributed by atoms with Crippen LogP contribution in [0.2, 0.25) is 4.34 Å². The van der Waals surface area contributed by atoms with Crippen LogP contribution in [0.4, 0.5) is 0 Å². The molecular formula is C12H16ClNOS. The van der Waals surface area contributed by atoms with E-state index in [-0.39, 0.29) is 5.91 Å². The normalized spacial score (nSPS) is 25.4. The van der Waals surface area contributed by atoms with Crippen LogP contribution >= 0.6 is 22.9 Å². The Kier molecular flexibility index (Phi) is 3.87. The van der Waals surface area contributed by atoms with E-state index in [4.69, 9.17) is 11.6 Å². The lowest BCUT2D eigenvalue weighted by Crippen LogP contribution is -2.37. The van der Waals surface area contributed by atoms with E-state index in [0.29, 0.717) is 15.3 Å². The number of nitrogens with one attached hydrogen (secondary N) is 1. The van der Waals surface area contributed by atoms with E-state index < -0.39 is 0 Å². The van der Waals surface area contributed by atoms with Crippen molar-refractivity contribution in [2.45, 2.75) is 38.6 Å². The lowest BCUT2D eigenvalue weighted by molar-refractivity contribution is 0.0925. The van der Waals surface area contributed by atoms with Crippen molar-refractivity contribution in [2.75, 3.05) is 0 Å². The highest BCUT2D eigenvalue weighted by Crippen LogP contribution is 2.25. The van der Waals surface area contributed by atoms with Crippen molar-refractivity contribution < 1.29 is 4.79 Å². The van der Waals surface area contributed by atoms with Crippen molar-refractivity contribution in [2.24, 2.45) is 5.92 Å². The Morgan fingerprint density at radius 3 is 2.94 bits per heavy atom. The van der Waals surface area contributed by atoms with Crippen LogP contribution in [0.25, 0.3) is 0 Å². The van der Waals surface area contributed by atoms with Crippen LogP contribution in [-0.2, 0) is 0 Å². The van der Waals surface area contributed by atoms with Gasteiger partial charge in [0.15, 0.2) is 0 Å². The fraction of sp³-hybridized carbons (Fsp3) is 0.583. The van der Waals surface area contributed by atoms with Crippen molar-refractivity contribution in [1.29, 1.82) is 0 Å². The van der Waals surface area contributed by atoms with E-state index in [1.54, 1.807) is 12.1 Å². The first-order chi connectivity index (χ1) is 7.65. The second kappa shape index (κ2) is 5.19. The number of thiophene rings is 1. The molecule has 16 heavy (non-hydrogen) atoms. The van der Waals surface area contributed by atoms with Crippen molar-refractivity contribution in [3.05, 3.63) is 21.3 Å². The molecule has 2 nitrogen and oxygen atoms in total. The maximum atomic E-state index is 11.9. The van der Waals surface area contributed by atoms with E-state index in [1.165, 1.54) is 24.2 Å². The molecule has 1 aliphatic rings. The van der Waals surface area contributed by atoms with Gasteiger partial charge in [-0.1, -0.05) is 31.4 Å². The molecule has 2 atom stereocenters. The average molecular weight is 258 g/mol. The maximum Gasteiger partial charge on any atom is 0.261 e. The fourth-order valence-corrected chi connectivity index (χ4v) is 3.20. The van der Waals surface area contributed by atoms with Gasteiger partial charge in [-0.15, -0.1) is 11.3 Å². The van der Waals surface area contributed by atoms with Crippen LogP contribution in [0, 0.1) is 5.92 Å². The van der Waals surface area contributed by atoms with E-state index in [2.05, 4.69) is 12.2 Å². The predicted molar refractivity (Wildman–Crippen MR) is 68.2 cm³/mol. The number of hydrogen-bond acceptors (Lipinski definition) is 2. The minimum Gasteiger partial charge on any atom is -0.349 e. The maximum absolute atomic E-state index is 11.9. The number of carbonyl (C=O) groups excluding carboxylic acids is 1. The molecule has 1 N–H and O–H groups in total. The molecule has 1 heterocycles. The SMILES string of the molecule is CC1CCCC(NC(=O)c2ccc(Cl)s2)C1. The third-order valence-corrected chi connectivity index (χ3v) is 4.30. The van der Waals surface area contributed by atoms with Crippen molar-refractivity contribution in [3.63, 3.8) is 0 Å². The largest absolute Gasteiger partial charge is 0.349 e. The number of rotatable bonds is 2. The molecule has 1 aromatic heterocycles. The summed E-state index contributed by atoms with van der Waals surface area (Å²) < 4.78 is 0.669. The lowest BCUT2D eigenvalue weighted by Gasteiger charge is -2.27.